The first-order valence-electron chi connectivity index (χ1n) is 5.26. The zero-order chi connectivity index (χ0) is 12.3. The maximum absolute atomic E-state index is 5.28. The summed E-state index contributed by atoms with van der Waals surface area (Å²) < 4.78 is 10.5. The zero-order valence-corrected chi connectivity index (χ0v) is 10.7. The average molecular weight is 246 g/mol. The third kappa shape index (κ3) is 2.56. The third-order valence-electron chi connectivity index (χ3n) is 2.56. The summed E-state index contributed by atoms with van der Waals surface area (Å²) in [5.41, 5.74) is 2.19. The summed E-state index contributed by atoms with van der Waals surface area (Å²) in [5, 5.41) is 0. The van der Waals surface area contributed by atoms with Crippen LogP contribution < -0.4 is 9.47 Å². The van der Waals surface area contributed by atoms with Gasteiger partial charge in [0.05, 0.1) is 14.2 Å². The highest BCUT2D eigenvalue weighted by molar-refractivity contribution is 7.80. The quantitative estimate of drug-likeness (QED) is 0.833. The van der Waals surface area contributed by atoms with Gasteiger partial charge in [0.15, 0.2) is 11.5 Å². The van der Waals surface area contributed by atoms with Crippen LogP contribution in [0.15, 0.2) is 47.4 Å². The normalized spacial score (nSPS) is 10.1. The molecule has 17 heavy (non-hydrogen) atoms. The highest BCUT2D eigenvalue weighted by atomic mass is 32.1. The van der Waals surface area contributed by atoms with Gasteiger partial charge in [-0.1, -0.05) is 18.2 Å². The molecule has 3 heteroatoms. The fourth-order valence-electron chi connectivity index (χ4n) is 1.70. The van der Waals surface area contributed by atoms with Gasteiger partial charge in [-0.15, -0.1) is 12.6 Å². The summed E-state index contributed by atoms with van der Waals surface area (Å²) in [7, 11) is 3.27. The van der Waals surface area contributed by atoms with Crippen LogP contribution in [0.3, 0.4) is 0 Å². The Labute approximate surface area is 107 Å². The summed E-state index contributed by atoms with van der Waals surface area (Å²) in [6.45, 7) is 0. The summed E-state index contributed by atoms with van der Waals surface area (Å²) >= 11 is 4.34. The minimum absolute atomic E-state index is 0.731. The third-order valence-corrected chi connectivity index (χ3v) is 2.84. The molecule has 0 N–H and O–H groups in total. The molecule has 2 rings (SSSR count). The standard InChI is InChI=1S/C14H14O2S/c1-15-13-7-6-11(9-14(13)16-2)10-4-3-5-12(17)8-10/h3-9,17H,1-2H3. The molecule has 0 spiro atoms. The Morgan fingerprint density at radius 3 is 2.18 bits per heavy atom. The van der Waals surface area contributed by atoms with Crippen molar-refractivity contribution in [3.05, 3.63) is 42.5 Å². The fraction of sp³-hybridized carbons (Fsp3) is 0.143. The van der Waals surface area contributed by atoms with E-state index in [1.54, 1.807) is 14.2 Å². The van der Waals surface area contributed by atoms with Gasteiger partial charge in [0.1, 0.15) is 0 Å². The lowest BCUT2D eigenvalue weighted by Gasteiger charge is -2.09. The van der Waals surface area contributed by atoms with Crippen LogP contribution in [0, 0.1) is 0 Å². The molecule has 0 heterocycles. The van der Waals surface area contributed by atoms with Crippen LogP contribution in [0.25, 0.3) is 11.1 Å². The minimum atomic E-state index is 0.731. The van der Waals surface area contributed by atoms with Crippen molar-refractivity contribution >= 4 is 12.6 Å². The second kappa shape index (κ2) is 5.15. The van der Waals surface area contributed by atoms with Gasteiger partial charge in [-0.3, -0.25) is 0 Å². The molecular weight excluding hydrogens is 232 g/mol. The van der Waals surface area contributed by atoms with E-state index in [2.05, 4.69) is 12.6 Å². The van der Waals surface area contributed by atoms with E-state index in [1.165, 1.54) is 0 Å². The van der Waals surface area contributed by atoms with Crippen molar-refractivity contribution in [1.29, 1.82) is 0 Å². The van der Waals surface area contributed by atoms with Gasteiger partial charge >= 0.3 is 0 Å². The number of hydrogen-bond donors (Lipinski definition) is 1. The molecule has 0 saturated heterocycles. The molecule has 0 radical (unpaired) electrons. The smallest absolute Gasteiger partial charge is 0.161 e. The number of thiol groups is 1. The van der Waals surface area contributed by atoms with Gasteiger partial charge in [-0.2, -0.15) is 0 Å². The first-order valence-corrected chi connectivity index (χ1v) is 5.70. The number of hydrogen-bond acceptors (Lipinski definition) is 3. The molecule has 0 atom stereocenters. The number of benzene rings is 2. The van der Waals surface area contributed by atoms with Crippen LogP contribution >= 0.6 is 12.6 Å². The van der Waals surface area contributed by atoms with Crippen LogP contribution in [-0.2, 0) is 0 Å². The molecule has 2 nitrogen and oxygen atoms in total. The van der Waals surface area contributed by atoms with Crippen LogP contribution in [0.4, 0.5) is 0 Å². The Morgan fingerprint density at radius 1 is 0.824 bits per heavy atom. The van der Waals surface area contributed by atoms with Crippen LogP contribution in [0.5, 0.6) is 11.5 Å². The second-order valence-corrected chi connectivity index (χ2v) is 4.14. The lowest BCUT2D eigenvalue weighted by atomic mass is 10.1. The Hall–Kier alpha value is -1.61. The van der Waals surface area contributed by atoms with E-state index in [0.717, 1.165) is 27.5 Å². The molecule has 0 bridgehead atoms. The molecule has 0 saturated carbocycles. The number of rotatable bonds is 3. The SMILES string of the molecule is COc1ccc(-c2cccc(S)c2)cc1OC. The average Bonchev–Trinajstić information content (AvgIpc) is 2.38. The molecule has 0 unspecified atom stereocenters. The van der Waals surface area contributed by atoms with Gasteiger partial charge < -0.3 is 9.47 Å². The molecule has 2 aromatic rings. The van der Waals surface area contributed by atoms with Crippen LogP contribution in [0.2, 0.25) is 0 Å². The van der Waals surface area contributed by atoms with E-state index in [-0.39, 0.29) is 0 Å². The highest BCUT2D eigenvalue weighted by Gasteiger charge is 2.05. The van der Waals surface area contributed by atoms with Gasteiger partial charge in [-0.25, -0.2) is 0 Å². The molecule has 2 aromatic carbocycles. The molecule has 0 aliphatic carbocycles. The summed E-state index contributed by atoms with van der Waals surface area (Å²) in [5.74, 6) is 1.47. The molecule has 0 aromatic heterocycles. The Balaban J connectivity index is 2.46. The molecule has 0 fully saturated rings. The topological polar surface area (TPSA) is 18.5 Å². The summed E-state index contributed by atoms with van der Waals surface area (Å²) in [6, 6.07) is 13.9. The maximum Gasteiger partial charge on any atom is 0.161 e. The van der Waals surface area contributed by atoms with Crippen LogP contribution in [0.1, 0.15) is 0 Å². The predicted octanol–water partition coefficient (Wildman–Crippen LogP) is 3.66. The first kappa shape index (κ1) is 11.9. The fourth-order valence-corrected chi connectivity index (χ4v) is 1.93. The minimum Gasteiger partial charge on any atom is -0.493 e. The van der Waals surface area contributed by atoms with Crippen molar-refractivity contribution in [1.82, 2.24) is 0 Å². The van der Waals surface area contributed by atoms with E-state index < -0.39 is 0 Å². The van der Waals surface area contributed by atoms with E-state index in [1.807, 2.05) is 42.5 Å². The number of methoxy groups -OCH3 is 2. The van der Waals surface area contributed by atoms with Crippen molar-refractivity contribution < 1.29 is 9.47 Å². The van der Waals surface area contributed by atoms with E-state index in [0.29, 0.717) is 0 Å². The van der Waals surface area contributed by atoms with Crippen molar-refractivity contribution in [2.45, 2.75) is 4.90 Å². The Kier molecular flexibility index (Phi) is 3.59. The molecule has 0 amide bonds. The second-order valence-electron chi connectivity index (χ2n) is 3.62. The van der Waals surface area contributed by atoms with Crippen molar-refractivity contribution in [3.63, 3.8) is 0 Å². The molecule has 0 aliphatic rings. The van der Waals surface area contributed by atoms with Gasteiger partial charge in [0, 0.05) is 4.90 Å². The monoisotopic (exact) mass is 246 g/mol. The maximum atomic E-state index is 5.28. The lowest BCUT2D eigenvalue weighted by molar-refractivity contribution is 0.355. The Morgan fingerprint density at radius 2 is 1.53 bits per heavy atom. The van der Waals surface area contributed by atoms with Gasteiger partial charge in [0.25, 0.3) is 0 Å². The molecule has 0 aliphatic heterocycles. The van der Waals surface area contributed by atoms with E-state index >= 15 is 0 Å². The van der Waals surface area contributed by atoms with Crippen molar-refractivity contribution in [2.75, 3.05) is 14.2 Å². The van der Waals surface area contributed by atoms with E-state index in [9.17, 15) is 0 Å². The Bertz CT molecular complexity index is 523. The van der Waals surface area contributed by atoms with Crippen molar-refractivity contribution in [3.8, 4) is 22.6 Å². The number of ether oxygens (including phenoxy) is 2. The predicted molar refractivity (Wildman–Crippen MR) is 72.2 cm³/mol. The summed E-state index contributed by atoms with van der Waals surface area (Å²) in [6.07, 6.45) is 0. The zero-order valence-electron chi connectivity index (χ0n) is 9.81. The van der Waals surface area contributed by atoms with Crippen molar-refractivity contribution in [2.24, 2.45) is 0 Å². The first-order chi connectivity index (χ1) is 8.24. The summed E-state index contributed by atoms with van der Waals surface area (Å²) in [4.78, 5) is 0.942. The van der Waals surface area contributed by atoms with Crippen LogP contribution in [-0.4, -0.2) is 14.2 Å². The van der Waals surface area contributed by atoms with Gasteiger partial charge in [0.2, 0.25) is 0 Å². The molecule has 88 valence electrons. The highest BCUT2D eigenvalue weighted by Crippen LogP contribution is 2.32. The lowest BCUT2D eigenvalue weighted by Crippen LogP contribution is -1.90. The van der Waals surface area contributed by atoms with Gasteiger partial charge in [-0.05, 0) is 35.4 Å². The van der Waals surface area contributed by atoms with E-state index in [4.69, 9.17) is 9.47 Å². The molecular formula is C14H14O2S. The largest absolute Gasteiger partial charge is 0.493 e.